The van der Waals surface area contributed by atoms with E-state index in [2.05, 4.69) is 5.32 Å². The number of hydrogen-bond acceptors (Lipinski definition) is 3. The zero-order valence-electron chi connectivity index (χ0n) is 10.9. The molecule has 0 saturated carbocycles. The van der Waals surface area contributed by atoms with Crippen molar-refractivity contribution in [3.05, 3.63) is 29.6 Å². The summed E-state index contributed by atoms with van der Waals surface area (Å²) in [5.74, 6) is -3.62. The summed E-state index contributed by atoms with van der Waals surface area (Å²) in [5, 5.41) is 20.8. The number of carbonyl (C=O) groups is 2. The fourth-order valence-electron chi connectivity index (χ4n) is 1.59. The Balaban J connectivity index is 3.05. The third kappa shape index (κ3) is 3.43. The first-order valence-corrected chi connectivity index (χ1v) is 5.65. The van der Waals surface area contributed by atoms with E-state index in [-0.39, 0.29) is 0 Å². The Labute approximate surface area is 110 Å². The lowest BCUT2D eigenvalue weighted by Gasteiger charge is -2.27. The summed E-state index contributed by atoms with van der Waals surface area (Å²) in [4.78, 5) is 23.0. The molecule has 0 bridgehead atoms. The van der Waals surface area contributed by atoms with Crippen molar-refractivity contribution in [1.82, 2.24) is 5.32 Å². The molecule has 3 N–H and O–H groups in total. The molecule has 1 aromatic carbocycles. The van der Waals surface area contributed by atoms with Crippen LogP contribution in [0.1, 0.15) is 31.1 Å². The number of hydrogen-bond donors (Lipinski definition) is 3. The van der Waals surface area contributed by atoms with Crippen LogP contribution in [0.25, 0.3) is 0 Å². The average molecular weight is 269 g/mol. The van der Waals surface area contributed by atoms with Gasteiger partial charge in [0.1, 0.15) is 23.2 Å². The summed E-state index contributed by atoms with van der Waals surface area (Å²) >= 11 is 0. The molecule has 0 unspecified atom stereocenters. The number of aromatic hydroxyl groups is 1. The molecule has 0 fully saturated rings. The third-order valence-corrected chi connectivity index (χ3v) is 2.61. The smallest absolute Gasteiger partial charge is 0.326 e. The highest BCUT2D eigenvalue weighted by Gasteiger charge is 2.33. The highest BCUT2D eigenvalue weighted by molar-refractivity contribution is 5.99. The Morgan fingerprint density at radius 1 is 1.32 bits per heavy atom. The van der Waals surface area contributed by atoms with E-state index in [1.165, 1.54) is 6.07 Å². The Bertz CT molecular complexity index is 488. The van der Waals surface area contributed by atoms with Gasteiger partial charge in [-0.05, 0) is 17.5 Å². The Hall–Kier alpha value is -2.11. The molecule has 5 nitrogen and oxygen atoms in total. The van der Waals surface area contributed by atoms with Crippen LogP contribution in [0.5, 0.6) is 5.75 Å². The molecular formula is C13H16FNO4. The van der Waals surface area contributed by atoms with Gasteiger partial charge < -0.3 is 15.5 Å². The van der Waals surface area contributed by atoms with Crippen LogP contribution in [-0.2, 0) is 4.79 Å². The Morgan fingerprint density at radius 3 is 2.32 bits per heavy atom. The lowest BCUT2D eigenvalue weighted by atomic mass is 9.86. The molecule has 0 aromatic heterocycles. The second-order valence-electron chi connectivity index (χ2n) is 5.24. The standard InChI is InChI=1S/C13H16FNO4/c1-13(2,3)10(12(18)19)15-11(17)9-7(14)5-4-6-8(9)16/h4-6,10,16H,1-3H3,(H,15,17)(H,18,19)/t10-/m1/s1. The molecule has 0 aliphatic rings. The lowest BCUT2D eigenvalue weighted by Crippen LogP contribution is -2.49. The lowest BCUT2D eigenvalue weighted by molar-refractivity contribution is -0.142. The van der Waals surface area contributed by atoms with Gasteiger partial charge in [0, 0.05) is 0 Å². The maximum Gasteiger partial charge on any atom is 0.326 e. The number of benzene rings is 1. The van der Waals surface area contributed by atoms with Gasteiger partial charge in [-0.25, -0.2) is 9.18 Å². The second-order valence-corrected chi connectivity index (χ2v) is 5.24. The molecule has 0 spiro atoms. The van der Waals surface area contributed by atoms with Crippen molar-refractivity contribution >= 4 is 11.9 Å². The van der Waals surface area contributed by atoms with Crippen LogP contribution in [0.4, 0.5) is 4.39 Å². The van der Waals surface area contributed by atoms with Crippen LogP contribution < -0.4 is 5.32 Å². The summed E-state index contributed by atoms with van der Waals surface area (Å²) in [6, 6.07) is 2.23. The number of amides is 1. The molecular weight excluding hydrogens is 253 g/mol. The fraction of sp³-hybridized carbons (Fsp3) is 0.385. The molecule has 1 aromatic rings. The number of phenols is 1. The number of aliphatic carboxylic acids is 1. The summed E-state index contributed by atoms with van der Waals surface area (Å²) in [7, 11) is 0. The van der Waals surface area contributed by atoms with Gasteiger partial charge in [-0.3, -0.25) is 4.79 Å². The van der Waals surface area contributed by atoms with E-state index in [4.69, 9.17) is 5.11 Å². The molecule has 0 saturated heterocycles. The van der Waals surface area contributed by atoms with Gasteiger partial charge in [0.2, 0.25) is 0 Å². The number of halogens is 1. The van der Waals surface area contributed by atoms with Crippen LogP contribution in [0.2, 0.25) is 0 Å². The van der Waals surface area contributed by atoms with Crippen LogP contribution in [0, 0.1) is 11.2 Å². The minimum Gasteiger partial charge on any atom is -0.507 e. The van der Waals surface area contributed by atoms with Gasteiger partial charge in [0.25, 0.3) is 5.91 Å². The Kier molecular flexibility index (Phi) is 4.14. The zero-order valence-corrected chi connectivity index (χ0v) is 10.9. The van der Waals surface area contributed by atoms with E-state index in [9.17, 15) is 19.1 Å². The highest BCUT2D eigenvalue weighted by Crippen LogP contribution is 2.23. The van der Waals surface area contributed by atoms with Gasteiger partial charge in [-0.2, -0.15) is 0 Å². The van der Waals surface area contributed by atoms with Gasteiger partial charge >= 0.3 is 5.97 Å². The van der Waals surface area contributed by atoms with Crippen LogP contribution in [-0.4, -0.2) is 28.1 Å². The van der Waals surface area contributed by atoms with E-state index in [1.54, 1.807) is 20.8 Å². The normalized spacial score (nSPS) is 12.8. The molecule has 0 radical (unpaired) electrons. The van der Waals surface area contributed by atoms with E-state index in [0.29, 0.717) is 0 Å². The van der Waals surface area contributed by atoms with Crippen LogP contribution in [0.3, 0.4) is 0 Å². The number of rotatable bonds is 3. The van der Waals surface area contributed by atoms with Gasteiger partial charge in [0.05, 0.1) is 0 Å². The summed E-state index contributed by atoms with van der Waals surface area (Å²) < 4.78 is 13.5. The van der Waals surface area contributed by atoms with Crippen molar-refractivity contribution in [3.8, 4) is 5.75 Å². The maximum atomic E-state index is 13.5. The molecule has 19 heavy (non-hydrogen) atoms. The zero-order chi connectivity index (χ0) is 14.8. The molecule has 0 aliphatic heterocycles. The van der Waals surface area contributed by atoms with Crippen molar-refractivity contribution in [2.75, 3.05) is 0 Å². The molecule has 6 heteroatoms. The highest BCUT2D eigenvalue weighted by atomic mass is 19.1. The van der Waals surface area contributed by atoms with E-state index in [1.807, 2.05) is 0 Å². The van der Waals surface area contributed by atoms with Gasteiger partial charge in [-0.1, -0.05) is 26.8 Å². The molecule has 0 heterocycles. The van der Waals surface area contributed by atoms with Crippen molar-refractivity contribution in [1.29, 1.82) is 0 Å². The molecule has 1 rings (SSSR count). The minimum absolute atomic E-state index is 0.532. The number of carboxylic acids is 1. The summed E-state index contributed by atoms with van der Waals surface area (Å²) in [5.41, 5.74) is -1.31. The molecule has 1 atom stereocenters. The second kappa shape index (κ2) is 5.26. The summed E-state index contributed by atoms with van der Waals surface area (Å²) in [6.45, 7) is 4.90. The maximum absolute atomic E-state index is 13.5. The topological polar surface area (TPSA) is 86.6 Å². The van der Waals surface area contributed by atoms with Crippen molar-refractivity contribution < 1.29 is 24.2 Å². The van der Waals surface area contributed by atoms with Crippen LogP contribution >= 0.6 is 0 Å². The SMILES string of the molecule is CC(C)(C)[C@H](NC(=O)c1c(O)cccc1F)C(=O)O. The van der Waals surface area contributed by atoms with Crippen LogP contribution in [0.15, 0.2) is 18.2 Å². The predicted molar refractivity (Wildman–Crippen MR) is 66.4 cm³/mol. The fourth-order valence-corrected chi connectivity index (χ4v) is 1.59. The van der Waals surface area contributed by atoms with E-state index in [0.717, 1.165) is 12.1 Å². The molecule has 0 aliphatic carbocycles. The van der Waals surface area contributed by atoms with Gasteiger partial charge in [0.15, 0.2) is 0 Å². The quantitative estimate of drug-likeness (QED) is 0.780. The first-order valence-electron chi connectivity index (χ1n) is 5.65. The first-order chi connectivity index (χ1) is 8.64. The van der Waals surface area contributed by atoms with Crippen molar-refractivity contribution in [3.63, 3.8) is 0 Å². The summed E-state index contributed by atoms with van der Waals surface area (Å²) in [6.07, 6.45) is 0. The Morgan fingerprint density at radius 2 is 1.89 bits per heavy atom. The van der Waals surface area contributed by atoms with E-state index >= 15 is 0 Å². The first kappa shape index (κ1) is 14.9. The van der Waals surface area contributed by atoms with Gasteiger partial charge in [-0.15, -0.1) is 0 Å². The monoisotopic (exact) mass is 269 g/mol. The number of nitrogens with one attached hydrogen (secondary N) is 1. The number of phenolic OH excluding ortho intramolecular Hbond substituents is 1. The minimum atomic E-state index is -1.23. The van der Waals surface area contributed by atoms with E-state index < -0.39 is 40.5 Å². The molecule has 1 amide bonds. The predicted octanol–water partition coefficient (Wildman–Crippen LogP) is 1.76. The molecule has 104 valence electrons. The number of carbonyl (C=O) groups excluding carboxylic acids is 1. The van der Waals surface area contributed by atoms with Crippen molar-refractivity contribution in [2.45, 2.75) is 26.8 Å². The van der Waals surface area contributed by atoms with Crippen molar-refractivity contribution in [2.24, 2.45) is 5.41 Å². The third-order valence-electron chi connectivity index (χ3n) is 2.61. The largest absolute Gasteiger partial charge is 0.507 e. The average Bonchev–Trinajstić information content (AvgIpc) is 2.23. The number of carboxylic acid groups (broad SMARTS) is 1.